The van der Waals surface area contributed by atoms with Crippen molar-refractivity contribution in [3.8, 4) is 0 Å². The lowest BCUT2D eigenvalue weighted by molar-refractivity contribution is -0.137. The number of rotatable bonds is 2. The standard InChI is InChI=1S/C15H27N3OS/c1-12-13(5-3-11-20-12)18-8-2-4-14(18)15(19)17-9-6-16-7-10-17/h12-14,16H,2-11H2,1H3. The molecule has 3 unspecified atom stereocenters. The molecule has 1 amide bonds. The predicted molar refractivity (Wildman–Crippen MR) is 84.1 cm³/mol. The van der Waals surface area contributed by atoms with Gasteiger partial charge in [-0.1, -0.05) is 6.92 Å². The van der Waals surface area contributed by atoms with Gasteiger partial charge in [-0.05, 0) is 38.0 Å². The zero-order valence-corrected chi connectivity index (χ0v) is 13.3. The van der Waals surface area contributed by atoms with Gasteiger partial charge in [0.1, 0.15) is 0 Å². The maximum absolute atomic E-state index is 12.8. The van der Waals surface area contributed by atoms with Crippen molar-refractivity contribution in [3.63, 3.8) is 0 Å². The molecule has 3 aliphatic heterocycles. The van der Waals surface area contributed by atoms with Gasteiger partial charge in [0.05, 0.1) is 6.04 Å². The molecule has 3 fully saturated rings. The van der Waals surface area contributed by atoms with E-state index in [-0.39, 0.29) is 6.04 Å². The van der Waals surface area contributed by atoms with Gasteiger partial charge in [-0.15, -0.1) is 0 Å². The Balaban J connectivity index is 1.66. The highest BCUT2D eigenvalue weighted by atomic mass is 32.2. The van der Waals surface area contributed by atoms with Gasteiger partial charge in [0.15, 0.2) is 0 Å². The summed E-state index contributed by atoms with van der Waals surface area (Å²) < 4.78 is 0. The summed E-state index contributed by atoms with van der Waals surface area (Å²) in [6.07, 6.45) is 4.84. The fourth-order valence-corrected chi connectivity index (χ4v) is 5.11. The van der Waals surface area contributed by atoms with Crippen molar-refractivity contribution in [2.24, 2.45) is 0 Å². The van der Waals surface area contributed by atoms with E-state index in [1.54, 1.807) is 0 Å². The number of likely N-dealkylation sites (tertiary alicyclic amines) is 1. The van der Waals surface area contributed by atoms with Crippen molar-refractivity contribution in [3.05, 3.63) is 0 Å². The van der Waals surface area contributed by atoms with E-state index < -0.39 is 0 Å². The monoisotopic (exact) mass is 297 g/mol. The summed E-state index contributed by atoms with van der Waals surface area (Å²) in [5.41, 5.74) is 0. The minimum Gasteiger partial charge on any atom is -0.339 e. The Morgan fingerprint density at radius 1 is 1.15 bits per heavy atom. The molecular weight excluding hydrogens is 270 g/mol. The summed E-state index contributed by atoms with van der Waals surface area (Å²) in [7, 11) is 0. The van der Waals surface area contributed by atoms with Crippen LogP contribution in [-0.2, 0) is 4.79 Å². The Morgan fingerprint density at radius 2 is 1.95 bits per heavy atom. The van der Waals surface area contributed by atoms with E-state index in [1.807, 2.05) is 0 Å². The van der Waals surface area contributed by atoms with Gasteiger partial charge in [-0.3, -0.25) is 9.69 Å². The highest BCUT2D eigenvalue weighted by Crippen LogP contribution is 2.33. The number of carbonyl (C=O) groups is 1. The van der Waals surface area contributed by atoms with Gasteiger partial charge >= 0.3 is 0 Å². The summed E-state index contributed by atoms with van der Waals surface area (Å²) in [5, 5.41) is 4.01. The molecule has 4 nitrogen and oxygen atoms in total. The zero-order valence-electron chi connectivity index (χ0n) is 12.5. The number of nitrogens with zero attached hydrogens (tertiary/aromatic N) is 2. The molecule has 3 atom stereocenters. The van der Waals surface area contributed by atoms with E-state index >= 15 is 0 Å². The first kappa shape index (κ1) is 14.7. The van der Waals surface area contributed by atoms with E-state index in [9.17, 15) is 4.79 Å². The van der Waals surface area contributed by atoms with Crippen LogP contribution in [0.4, 0.5) is 0 Å². The minimum atomic E-state index is 0.166. The van der Waals surface area contributed by atoms with Crippen LogP contribution in [0.15, 0.2) is 0 Å². The van der Waals surface area contributed by atoms with Crippen molar-refractivity contribution >= 4 is 17.7 Å². The average molecular weight is 297 g/mol. The molecule has 0 radical (unpaired) electrons. The second-order valence-electron chi connectivity index (χ2n) is 6.26. The molecule has 3 aliphatic rings. The Morgan fingerprint density at radius 3 is 2.70 bits per heavy atom. The molecular formula is C15H27N3OS. The van der Waals surface area contributed by atoms with Gasteiger partial charge in [0.2, 0.25) is 5.91 Å². The number of carbonyl (C=O) groups excluding carboxylic acids is 1. The van der Waals surface area contributed by atoms with E-state index in [1.165, 1.54) is 25.0 Å². The second-order valence-corrected chi connectivity index (χ2v) is 7.74. The van der Waals surface area contributed by atoms with Crippen molar-refractivity contribution in [2.45, 2.75) is 49.9 Å². The third-order valence-corrected chi connectivity index (χ3v) is 6.37. The average Bonchev–Trinajstić information content (AvgIpc) is 2.97. The van der Waals surface area contributed by atoms with Crippen molar-refractivity contribution in [2.75, 3.05) is 38.5 Å². The van der Waals surface area contributed by atoms with Crippen LogP contribution < -0.4 is 5.32 Å². The molecule has 114 valence electrons. The summed E-state index contributed by atoms with van der Waals surface area (Å²) in [4.78, 5) is 17.4. The lowest BCUT2D eigenvalue weighted by Gasteiger charge is -2.40. The summed E-state index contributed by atoms with van der Waals surface area (Å²) in [6, 6.07) is 0.785. The number of nitrogens with one attached hydrogen (secondary N) is 1. The van der Waals surface area contributed by atoms with Crippen LogP contribution in [-0.4, -0.2) is 71.5 Å². The van der Waals surface area contributed by atoms with Crippen LogP contribution in [0, 0.1) is 0 Å². The number of hydrogen-bond donors (Lipinski definition) is 1. The topological polar surface area (TPSA) is 35.6 Å². The van der Waals surface area contributed by atoms with Crippen molar-refractivity contribution in [1.82, 2.24) is 15.1 Å². The SMILES string of the molecule is CC1SCCCC1N1CCCC1C(=O)N1CCNCC1. The predicted octanol–water partition coefficient (Wildman–Crippen LogP) is 1.17. The lowest BCUT2D eigenvalue weighted by Crippen LogP contribution is -2.55. The first-order chi connectivity index (χ1) is 9.77. The molecule has 1 N–H and O–H groups in total. The van der Waals surface area contributed by atoms with Gasteiger partial charge in [0, 0.05) is 37.5 Å². The molecule has 0 spiro atoms. The Bertz CT molecular complexity index is 346. The number of hydrogen-bond acceptors (Lipinski definition) is 4. The van der Waals surface area contributed by atoms with Crippen LogP contribution in [0.25, 0.3) is 0 Å². The van der Waals surface area contributed by atoms with Crippen LogP contribution in [0.1, 0.15) is 32.6 Å². The normalized spacial score (nSPS) is 36.2. The summed E-state index contributed by atoms with van der Waals surface area (Å²) in [5.74, 6) is 1.69. The van der Waals surface area contributed by atoms with E-state index in [0.29, 0.717) is 17.2 Å². The molecule has 3 saturated heterocycles. The third kappa shape index (κ3) is 3.00. The maximum atomic E-state index is 12.8. The van der Waals surface area contributed by atoms with Crippen LogP contribution in [0.3, 0.4) is 0 Å². The highest BCUT2D eigenvalue weighted by molar-refractivity contribution is 7.99. The van der Waals surface area contributed by atoms with E-state index in [0.717, 1.165) is 39.1 Å². The Kier molecular flexibility index (Phi) is 4.89. The fraction of sp³-hybridized carbons (Fsp3) is 0.933. The molecule has 0 aromatic carbocycles. The molecule has 3 rings (SSSR count). The van der Waals surface area contributed by atoms with Crippen molar-refractivity contribution in [1.29, 1.82) is 0 Å². The largest absolute Gasteiger partial charge is 0.339 e. The maximum Gasteiger partial charge on any atom is 0.240 e. The van der Waals surface area contributed by atoms with E-state index in [4.69, 9.17) is 0 Å². The van der Waals surface area contributed by atoms with Crippen LogP contribution >= 0.6 is 11.8 Å². The minimum absolute atomic E-state index is 0.166. The Hall–Kier alpha value is -0.260. The Labute approximate surface area is 126 Å². The lowest BCUT2D eigenvalue weighted by atomic mass is 10.0. The van der Waals surface area contributed by atoms with Crippen LogP contribution in [0.2, 0.25) is 0 Å². The number of thioether (sulfide) groups is 1. The van der Waals surface area contributed by atoms with Gasteiger partial charge in [-0.25, -0.2) is 0 Å². The molecule has 0 aromatic heterocycles. The fourth-order valence-electron chi connectivity index (χ4n) is 3.89. The number of piperazine rings is 1. The summed E-state index contributed by atoms with van der Waals surface area (Å²) >= 11 is 2.09. The van der Waals surface area contributed by atoms with Gasteiger partial charge < -0.3 is 10.2 Å². The summed E-state index contributed by atoms with van der Waals surface area (Å²) in [6.45, 7) is 7.15. The number of amides is 1. The zero-order chi connectivity index (χ0) is 13.9. The first-order valence-corrected chi connectivity index (χ1v) is 9.19. The molecule has 0 bridgehead atoms. The third-order valence-electron chi connectivity index (χ3n) is 5.00. The molecule has 0 aliphatic carbocycles. The molecule has 0 aromatic rings. The van der Waals surface area contributed by atoms with E-state index in [2.05, 4.69) is 33.8 Å². The second kappa shape index (κ2) is 6.67. The van der Waals surface area contributed by atoms with Crippen molar-refractivity contribution < 1.29 is 4.79 Å². The molecule has 3 heterocycles. The molecule has 0 saturated carbocycles. The smallest absolute Gasteiger partial charge is 0.240 e. The quantitative estimate of drug-likeness (QED) is 0.830. The molecule has 5 heteroatoms. The van der Waals surface area contributed by atoms with Gasteiger partial charge in [0.25, 0.3) is 0 Å². The first-order valence-electron chi connectivity index (χ1n) is 8.14. The van der Waals surface area contributed by atoms with Gasteiger partial charge in [-0.2, -0.15) is 11.8 Å². The molecule has 20 heavy (non-hydrogen) atoms. The highest BCUT2D eigenvalue weighted by Gasteiger charge is 2.40. The van der Waals surface area contributed by atoms with Crippen LogP contribution in [0.5, 0.6) is 0 Å².